The molecular formula is C17H12Cl2NO4-. The van der Waals surface area contributed by atoms with Gasteiger partial charge in [0.15, 0.2) is 11.5 Å². The summed E-state index contributed by atoms with van der Waals surface area (Å²) in [6.45, 7) is 0. The number of carbonyl (C=O) groups excluding carboxylic acids is 1. The second kappa shape index (κ2) is 5.46. The predicted molar refractivity (Wildman–Crippen MR) is 88.1 cm³/mol. The molecule has 0 saturated carbocycles. The van der Waals surface area contributed by atoms with E-state index in [2.05, 4.69) is 5.32 Å². The molecule has 3 atom stereocenters. The van der Waals surface area contributed by atoms with Gasteiger partial charge in [0.2, 0.25) is 0 Å². The number of para-hydroxylation sites is 1. The molecule has 0 fully saturated rings. The van der Waals surface area contributed by atoms with Gasteiger partial charge in [0, 0.05) is 26.9 Å². The van der Waals surface area contributed by atoms with Gasteiger partial charge in [0.25, 0.3) is 0 Å². The maximum Gasteiger partial charge on any atom is 0.165 e. The van der Waals surface area contributed by atoms with Gasteiger partial charge >= 0.3 is 0 Å². The van der Waals surface area contributed by atoms with Crippen LogP contribution in [0.5, 0.6) is 11.5 Å². The molecule has 0 spiro atoms. The first-order valence-electron chi connectivity index (χ1n) is 7.31. The zero-order chi connectivity index (χ0) is 17.0. The van der Waals surface area contributed by atoms with Gasteiger partial charge in [-0.2, -0.15) is 0 Å². The molecule has 2 aromatic rings. The molecule has 0 radical (unpaired) electrons. The van der Waals surface area contributed by atoms with Crippen LogP contribution in [-0.4, -0.2) is 25.2 Å². The summed E-state index contributed by atoms with van der Waals surface area (Å²) in [6.07, 6.45) is -0.688. The standard InChI is InChI=1S/C17H13Cl2NO4/c1-23-11-4-2-3-8-12-13-9(19)5-7(18)6-10(13)20-14(17(21)22)16(12)24-15(8)11/h2-6,12,14,16,20H,1H3,(H,21,22)/p-1. The van der Waals surface area contributed by atoms with Crippen LogP contribution in [0.2, 0.25) is 10.0 Å². The fourth-order valence-corrected chi connectivity index (χ4v) is 4.10. The number of carboxylic acid groups (broad SMARTS) is 1. The van der Waals surface area contributed by atoms with Gasteiger partial charge in [-0.25, -0.2) is 0 Å². The Morgan fingerprint density at radius 2 is 2.12 bits per heavy atom. The first-order chi connectivity index (χ1) is 11.5. The molecule has 24 heavy (non-hydrogen) atoms. The number of benzene rings is 2. The van der Waals surface area contributed by atoms with E-state index in [0.29, 0.717) is 27.2 Å². The van der Waals surface area contributed by atoms with Crippen molar-refractivity contribution in [2.24, 2.45) is 0 Å². The van der Waals surface area contributed by atoms with Gasteiger partial charge in [0.05, 0.1) is 19.0 Å². The number of carboxylic acids is 1. The van der Waals surface area contributed by atoms with Gasteiger partial charge in [-0.1, -0.05) is 35.3 Å². The minimum atomic E-state index is -1.25. The van der Waals surface area contributed by atoms with Gasteiger partial charge in [-0.3, -0.25) is 0 Å². The van der Waals surface area contributed by atoms with Crippen molar-refractivity contribution in [1.29, 1.82) is 0 Å². The third kappa shape index (κ3) is 2.12. The van der Waals surface area contributed by atoms with Crippen LogP contribution >= 0.6 is 23.2 Å². The zero-order valence-corrected chi connectivity index (χ0v) is 14.0. The van der Waals surface area contributed by atoms with Gasteiger partial charge in [0.1, 0.15) is 12.1 Å². The number of hydrogen-bond acceptors (Lipinski definition) is 5. The number of carbonyl (C=O) groups is 1. The highest BCUT2D eigenvalue weighted by Crippen LogP contribution is 2.53. The van der Waals surface area contributed by atoms with E-state index < -0.39 is 18.1 Å². The largest absolute Gasteiger partial charge is 0.548 e. The third-order valence-electron chi connectivity index (χ3n) is 4.45. The number of methoxy groups -OCH3 is 1. The molecule has 5 nitrogen and oxygen atoms in total. The quantitative estimate of drug-likeness (QED) is 0.885. The molecule has 0 aromatic heterocycles. The van der Waals surface area contributed by atoms with E-state index in [1.54, 1.807) is 18.2 Å². The molecule has 7 heteroatoms. The smallest absolute Gasteiger partial charge is 0.165 e. The molecule has 2 aliphatic heterocycles. The predicted octanol–water partition coefficient (Wildman–Crippen LogP) is 2.44. The Balaban J connectivity index is 1.96. The Bertz CT molecular complexity index is 855. The molecule has 0 bridgehead atoms. The lowest BCUT2D eigenvalue weighted by Gasteiger charge is -2.37. The maximum absolute atomic E-state index is 11.6. The highest BCUT2D eigenvalue weighted by molar-refractivity contribution is 6.35. The average molecular weight is 365 g/mol. The number of nitrogens with one attached hydrogen (secondary N) is 1. The Hall–Kier alpha value is -2.11. The van der Waals surface area contributed by atoms with E-state index in [4.69, 9.17) is 32.7 Å². The van der Waals surface area contributed by atoms with Crippen LogP contribution in [0.3, 0.4) is 0 Å². The molecule has 0 amide bonds. The molecule has 124 valence electrons. The Kier molecular flexibility index (Phi) is 3.51. The Morgan fingerprint density at radius 3 is 2.83 bits per heavy atom. The minimum absolute atomic E-state index is 0.348. The molecule has 1 N–H and O–H groups in total. The summed E-state index contributed by atoms with van der Waals surface area (Å²) >= 11 is 12.5. The van der Waals surface area contributed by atoms with Crippen molar-refractivity contribution < 1.29 is 19.4 Å². The summed E-state index contributed by atoms with van der Waals surface area (Å²) in [6, 6.07) is 7.75. The fourth-order valence-electron chi connectivity index (χ4n) is 3.49. The number of fused-ring (bicyclic) bond motifs is 5. The Morgan fingerprint density at radius 1 is 1.33 bits per heavy atom. The summed E-state index contributed by atoms with van der Waals surface area (Å²) in [7, 11) is 1.54. The molecule has 2 aliphatic rings. The number of hydrogen-bond donors (Lipinski definition) is 1. The SMILES string of the molecule is COc1cccc2c1OC1C(C(=O)[O-])Nc3cc(Cl)cc(Cl)c3C21. The maximum atomic E-state index is 11.6. The van der Waals surface area contributed by atoms with E-state index >= 15 is 0 Å². The lowest BCUT2D eigenvalue weighted by molar-refractivity contribution is -0.308. The van der Waals surface area contributed by atoms with Crippen LogP contribution in [0.15, 0.2) is 30.3 Å². The number of ether oxygens (including phenoxy) is 2. The topological polar surface area (TPSA) is 70.6 Å². The van der Waals surface area contributed by atoms with Crippen molar-refractivity contribution in [3.05, 3.63) is 51.5 Å². The monoisotopic (exact) mass is 364 g/mol. The summed E-state index contributed by atoms with van der Waals surface area (Å²) in [5, 5.41) is 15.4. The Labute approximate surface area is 148 Å². The summed E-state index contributed by atoms with van der Waals surface area (Å²) in [5.41, 5.74) is 2.16. The molecule has 4 rings (SSSR count). The second-order valence-electron chi connectivity index (χ2n) is 5.73. The average Bonchev–Trinajstić information content (AvgIpc) is 2.92. The molecule has 2 heterocycles. The van der Waals surface area contributed by atoms with Gasteiger partial charge < -0.3 is 24.7 Å². The van der Waals surface area contributed by atoms with Crippen molar-refractivity contribution in [3.63, 3.8) is 0 Å². The van der Waals surface area contributed by atoms with Crippen LogP contribution in [0.1, 0.15) is 17.0 Å². The van der Waals surface area contributed by atoms with E-state index in [1.165, 1.54) is 7.11 Å². The third-order valence-corrected chi connectivity index (χ3v) is 4.98. The van der Waals surface area contributed by atoms with Crippen LogP contribution in [0.4, 0.5) is 5.69 Å². The van der Waals surface area contributed by atoms with E-state index in [0.717, 1.165) is 11.1 Å². The molecule has 0 aliphatic carbocycles. The lowest BCUT2D eigenvalue weighted by Crippen LogP contribution is -2.53. The van der Waals surface area contributed by atoms with Crippen molar-refractivity contribution >= 4 is 34.9 Å². The first kappa shape index (κ1) is 15.4. The molecule has 3 unspecified atom stereocenters. The van der Waals surface area contributed by atoms with E-state index in [9.17, 15) is 9.90 Å². The van der Waals surface area contributed by atoms with E-state index in [-0.39, 0.29) is 5.92 Å². The fraction of sp³-hybridized carbons (Fsp3) is 0.235. The number of halogens is 2. The van der Waals surface area contributed by atoms with Crippen LogP contribution in [0.25, 0.3) is 0 Å². The summed E-state index contributed by atoms with van der Waals surface area (Å²) in [4.78, 5) is 11.6. The second-order valence-corrected chi connectivity index (χ2v) is 6.57. The number of rotatable bonds is 2. The van der Waals surface area contributed by atoms with Crippen LogP contribution < -0.4 is 19.9 Å². The zero-order valence-electron chi connectivity index (χ0n) is 12.5. The number of aliphatic carboxylic acids is 1. The molecule has 2 aromatic carbocycles. The highest BCUT2D eigenvalue weighted by atomic mass is 35.5. The van der Waals surface area contributed by atoms with E-state index in [1.807, 2.05) is 12.1 Å². The summed E-state index contributed by atoms with van der Waals surface area (Å²) < 4.78 is 11.3. The summed E-state index contributed by atoms with van der Waals surface area (Å²) in [5.74, 6) is -0.523. The number of anilines is 1. The highest BCUT2D eigenvalue weighted by Gasteiger charge is 2.47. The van der Waals surface area contributed by atoms with Crippen LogP contribution in [0, 0.1) is 0 Å². The van der Waals surface area contributed by atoms with Crippen molar-refractivity contribution in [3.8, 4) is 11.5 Å². The molecular weight excluding hydrogens is 353 g/mol. The lowest BCUT2D eigenvalue weighted by atomic mass is 9.81. The van der Waals surface area contributed by atoms with Crippen LogP contribution in [-0.2, 0) is 4.79 Å². The first-order valence-corrected chi connectivity index (χ1v) is 8.06. The minimum Gasteiger partial charge on any atom is -0.548 e. The van der Waals surface area contributed by atoms with Crippen molar-refractivity contribution in [2.75, 3.05) is 12.4 Å². The normalized spacial score (nSPS) is 23.4. The van der Waals surface area contributed by atoms with Crippen molar-refractivity contribution in [2.45, 2.75) is 18.1 Å². The van der Waals surface area contributed by atoms with Gasteiger partial charge in [-0.15, -0.1) is 0 Å². The van der Waals surface area contributed by atoms with Crippen molar-refractivity contribution in [1.82, 2.24) is 0 Å². The molecule has 0 saturated heterocycles. The van der Waals surface area contributed by atoms with Gasteiger partial charge in [-0.05, 0) is 18.2 Å².